The van der Waals surface area contributed by atoms with Crippen molar-refractivity contribution in [2.45, 2.75) is 58.4 Å². The molecule has 2 aromatic heterocycles. The maximum atomic E-state index is 12.9. The normalized spacial score (nSPS) is 19.2. The van der Waals surface area contributed by atoms with E-state index in [0.29, 0.717) is 12.6 Å². The first-order chi connectivity index (χ1) is 16.0. The van der Waals surface area contributed by atoms with Gasteiger partial charge in [0.05, 0.1) is 35.5 Å². The van der Waals surface area contributed by atoms with Crippen molar-refractivity contribution in [1.82, 2.24) is 25.3 Å². The summed E-state index contributed by atoms with van der Waals surface area (Å²) in [5.74, 6) is 1.73. The highest BCUT2D eigenvalue weighted by atomic mass is 16.5. The molecule has 0 bridgehead atoms. The van der Waals surface area contributed by atoms with Crippen LogP contribution in [0.2, 0.25) is 0 Å². The molecule has 1 saturated carbocycles. The van der Waals surface area contributed by atoms with Crippen molar-refractivity contribution in [2.75, 3.05) is 25.1 Å². The van der Waals surface area contributed by atoms with Gasteiger partial charge in [-0.05, 0) is 63.8 Å². The number of nitrogens with zero attached hydrogens (tertiary/aromatic N) is 5. The van der Waals surface area contributed by atoms with E-state index in [2.05, 4.69) is 27.3 Å². The number of carbonyl (C=O) groups is 1. The summed E-state index contributed by atoms with van der Waals surface area (Å²) in [5, 5.41) is 18.3. The number of carbonyl (C=O) groups excluding carboxylic acids is 1. The number of hydrogen-bond donors (Lipinski definition) is 1. The van der Waals surface area contributed by atoms with Crippen molar-refractivity contribution in [3.8, 4) is 11.4 Å². The summed E-state index contributed by atoms with van der Waals surface area (Å²) >= 11 is 0. The number of aryl methyl sites for hydroxylation is 2. The second-order valence-electron chi connectivity index (χ2n) is 9.30. The molecule has 1 aliphatic carbocycles. The lowest BCUT2D eigenvalue weighted by molar-refractivity contribution is -0.125. The predicted octanol–water partition coefficient (Wildman–Crippen LogP) is 3.72. The number of amides is 1. The number of methoxy groups -OCH3 is 1. The van der Waals surface area contributed by atoms with E-state index in [1.165, 1.54) is 12.8 Å². The molecule has 5 rings (SSSR count). The van der Waals surface area contributed by atoms with E-state index in [1.807, 2.05) is 35.9 Å². The van der Waals surface area contributed by atoms with Crippen molar-refractivity contribution < 1.29 is 9.53 Å². The van der Waals surface area contributed by atoms with Crippen LogP contribution in [0.1, 0.15) is 49.9 Å². The van der Waals surface area contributed by atoms with Crippen molar-refractivity contribution in [1.29, 1.82) is 0 Å². The second-order valence-corrected chi connectivity index (χ2v) is 9.30. The van der Waals surface area contributed by atoms with Gasteiger partial charge in [0.2, 0.25) is 5.91 Å². The zero-order chi connectivity index (χ0) is 22.9. The van der Waals surface area contributed by atoms with Crippen LogP contribution < -0.4 is 15.0 Å². The lowest BCUT2D eigenvalue weighted by Crippen LogP contribution is -2.45. The molecule has 1 saturated heterocycles. The first-order valence-corrected chi connectivity index (χ1v) is 12.0. The molecule has 8 nitrogen and oxygen atoms in total. The molecule has 2 fully saturated rings. The van der Waals surface area contributed by atoms with E-state index in [1.54, 1.807) is 7.11 Å². The van der Waals surface area contributed by atoms with Crippen molar-refractivity contribution in [2.24, 2.45) is 5.92 Å². The summed E-state index contributed by atoms with van der Waals surface area (Å²) in [6, 6.07) is 8.21. The maximum Gasteiger partial charge on any atom is 0.225 e. The van der Waals surface area contributed by atoms with Crippen LogP contribution in [0.3, 0.4) is 0 Å². The highest BCUT2D eigenvalue weighted by Gasteiger charge is 2.30. The Labute approximate surface area is 194 Å². The molecule has 1 aliphatic heterocycles. The fourth-order valence-corrected chi connectivity index (χ4v) is 5.27. The molecule has 174 valence electrons. The van der Waals surface area contributed by atoms with Gasteiger partial charge in [0.15, 0.2) is 5.82 Å². The molecule has 1 amide bonds. The highest BCUT2D eigenvalue weighted by Crippen LogP contribution is 2.32. The van der Waals surface area contributed by atoms with Gasteiger partial charge < -0.3 is 15.0 Å². The number of benzene rings is 1. The molecule has 1 unspecified atom stereocenters. The van der Waals surface area contributed by atoms with Crippen LogP contribution in [0.25, 0.3) is 16.6 Å². The smallest absolute Gasteiger partial charge is 0.225 e. The van der Waals surface area contributed by atoms with Crippen LogP contribution in [-0.2, 0) is 4.79 Å². The van der Waals surface area contributed by atoms with Crippen LogP contribution in [0.4, 0.5) is 5.82 Å². The number of nitrogens with one attached hydrogen (secondary N) is 1. The Bertz CT molecular complexity index is 1150. The largest absolute Gasteiger partial charge is 0.497 e. The summed E-state index contributed by atoms with van der Waals surface area (Å²) in [6.45, 7) is 5.54. The van der Waals surface area contributed by atoms with Crippen LogP contribution in [0.15, 0.2) is 24.3 Å². The molecule has 0 radical (unpaired) electrons. The summed E-state index contributed by atoms with van der Waals surface area (Å²) in [6.07, 6.45) is 6.52. The quantitative estimate of drug-likeness (QED) is 0.640. The van der Waals surface area contributed by atoms with E-state index in [-0.39, 0.29) is 11.8 Å². The van der Waals surface area contributed by atoms with Crippen LogP contribution in [-0.4, -0.2) is 52.1 Å². The van der Waals surface area contributed by atoms with Crippen molar-refractivity contribution in [3.63, 3.8) is 0 Å². The molecule has 3 heterocycles. The number of anilines is 1. The van der Waals surface area contributed by atoms with Gasteiger partial charge in [-0.25, -0.2) is 4.68 Å². The Balaban J connectivity index is 1.45. The monoisotopic (exact) mass is 448 g/mol. The van der Waals surface area contributed by atoms with E-state index in [0.717, 1.165) is 71.8 Å². The number of ether oxygens (including phenoxy) is 1. The summed E-state index contributed by atoms with van der Waals surface area (Å²) in [7, 11) is 1.66. The molecule has 3 aromatic rings. The minimum atomic E-state index is -0.0257. The van der Waals surface area contributed by atoms with Gasteiger partial charge in [-0.2, -0.15) is 10.2 Å². The average molecular weight is 449 g/mol. The number of fused-ring (bicyclic) bond motifs is 1. The summed E-state index contributed by atoms with van der Waals surface area (Å²) < 4.78 is 7.24. The zero-order valence-corrected chi connectivity index (χ0v) is 19.7. The third-order valence-electron chi connectivity index (χ3n) is 7.09. The first-order valence-electron chi connectivity index (χ1n) is 12.0. The average Bonchev–Trinajstić information content (AvgIpc) is 3.48. The third kappa shape index (κ3) is 4.14. The molecular formula is C25H32N6O2. The van der Waals surface area contributed by atoms with Gasteiger partial charge in [-0.1, -0.05) is 12.8 Å². The molecular weight excluding hydrogens is 416 g/mol. The van der Waals surface area contributed by atoms with Gasteiger partial charge >= 0.3 is 0 Å². The van der Waals surface area contributed by atoms with Gasteiger partial charge in [0, 0.05) is 19.1 Å². The molecule has 8 heteroatoms. The number of piperidine rings is 1. The highest BCUT2D eigenvalue weighted by molar-refractivity contribution is 5.92. The van der Waals surface area contributed by atoms with E-state index >= 15 is 0 Å². The topological polar surface area (TPSA) is 85.2 Å². The van der Waals surface area contributed by atoms with E-state index in [4.69, 9.17) is 9.84 Å². The zero-order valence-electron chi connectivity index (χ0n) is 19.7. The van der Waals surface area contributed by atoms with Crippen molar-refractivity contribution >= 4 is 22.6 Å². The lowest BCUT2D eigenvalue weighted by Gasteiger charge is -2.33. The molecule has 1 atom stereocenters. The lowest BCUT2D eigenvalue weighted by atomic mass is 9.96. The SMILES string of the molecule is COc1ccc(-n2nc3c(N4CCCC(C(=O)NC5CCCC5)C4)nnc(C)c3c2C)cc1. The Morgan fingerprint density at radius 1 is 1.06 bits per heavy atom. The maximum absolute atomic E-state index is 12.9. The predicted molar refractivity (Wildman–Crippen MR) is 128 cm³/mol. The van der Waals surface area contributed by atoms with Crippen LogP contribution >= 0.6 is 0 Å². The first kappa shape index (κ1) is 21.7. The summed E-state index contributed by atoms with van der Waals surface area (Å²) in [4.78, 5) is 15.1. The third-order valence-corrected chi connectivity index (χ3v) is 7.09. The molecule has 0 spiro atoms. The van der Waals surface area contributed by atoms with Crippen LogP contribution in [0, 0.1) is 19.8 Å². The standard InChI is InChI=1S/C25H32N6O2/c1-16-22-17(2)31(20-10-12-21(33-3)13-11-20)29-23(22)24(28-27-16)30-14-6-7-18(15-30)25(32)26-19-8-4-5-9-19/h10-13,18-19H,4-9,14-15H2,1-3H3,(H,26,32). The second kappa shape index (κ2) is 9.00. The Hall–Kier alpha value is -3.16. The summed E-state index contributed by atoms with van der Waals surface area (Å²) in [5.41, 5.74) is 3.69. The van der Waals surface area contributed by atoms with E-state index < -0.39 is 0 Å². The number of hydrogen-bond acceptors (Lipinski definition) is 6. The Morgan fingerprint density at radius 3 is 2.55 bits per heavy atom. The number of rotatable bonds is 5. The molecule has 1 aromatic carbocycles. The molecule has 1 N–H and O–H groups in total. The number of aromatic nitrogens is 4. The Kier molecular flexibility index (Phi) is 5.91. The van der Waals surface area contributed by atoms with Gasteiger partial charge in [0.25, 0.3) is 0 Å². The Morgan fingerprint density at radius 2 is 1.82 bits per heavy atom. The molecule has 2 aliphatic rings. The van der Waals surface area contributed by atoms with Gasteiger partial charge in [-0.15, -0.1) is 5.10 Å². The van der Waals surface area contributed by atoms with E-state index in [9.17, 15) is 4.79 Å². The minimum absolute atomic E-state index is 0.0257. The fraction of sp³-hybridized carbons (Fsp3) is 0.520. The van der Waals surface area contributed by atoms with Gasteiger partial charge in [-0.3, -0.25) is 4.79 Å². The van der Waals surface area contributed by atoms with Gasteiger partial charge in [0.1, 0.15) is 11.3 Å². The fourth-order valence-electron chi connectivity index (χ4n) is 5.27. The van der Waals surface area contributed by atoms with Crippen LogP contribution in [0.5, 0.6) is 5.75 Å². The van der Waals surface area contributed by atoms with Crippen molar-refractivity contribution in [3.05, 3.63) is 35.7 Å². The minimum Gasteiger partial charge on any atom is -0.497 e. The molecule has 33 heavy (non-hydrogen) atoms.